The third-order valence-corrected chi connectivity index (χ3v) is 6.06. The lowest BCUT2D eigenvalue weighted by Gasteiger charge is -2.49. The summed E-state index contributed by atoms with van der Waals surface area (Å²) in [6, 6.07) is 19.4. The van der Waals surface area contributed by atoms with Gasteiger partial charge in [0.25, 0.3) is 17.7 Å². The van der Waals surface area contributed by atoms with Crippen LogP contribution >= 0.6 is 11.6 Å². The van der Waals surface area contributed by atoms with Crippen molar-refractivity contribution in [2.24, 2.45) is 0 Å². The van der Waals surface area contributed by atoms with E-state index in [1.54, 1.807) is 53.4 Å². The van der Waals surface area contributed by atoms with Gasteiger partial charge < -0.3 is 9.64 Å². The van der Waals surface area contributed by atoms with Crippen LogP contribution in [-0.4, -0.2) is 35.3 Å². The fraction of sp³-hybridized carbons (Fsp3) is 0.160. The molecule has 7 heteroatoms. The molecule has 2 heterocycles. The zero-order chi connectivity index (χ0) is 22.4. The minimum absolute atomic E-state index is 0.319. The van der Waals surface area contributed by atoms with Crippen LogP contribution < -0.4 is 9.64 Å². The van der Waals surface area contributed by atoms with Crippen LogP contribution in [0.15, 0.2) is 72.8 Å². The van der Waals surface area contributed by atoms with Crippen LogP contribution in [0.4, 0.5) is 5.69 Å². The highest BCUT2D eigenvalue weighted by molar-refractivity contribution is 6.30. The molecule has 160 valence electrons. The molecule has 2 unspecified atom stereocenters. The Morgan fingerprint density at radius 3 is 1.94 bits per heavy atom. The van der Waals surface area contributed by atoms with E-state index in [0.29, 0.717) is 34.2 Å². The second-order valence-electron chi connectivity index (χ2n) is 7.60. The Morgan fingerprint density at radius 2 is 1.38 bits per heavy atom. The van der Waals surface area contributed by atoms with Crippen LogP contribution in [0.1, 0.15) is 39.2 Å². The summed E-state index contributed by atoms with van der Waals surface area (Å²) in [7, 11) is 0. The maximum Gasteiger partial charge on any atom is 0.262 e. The lowest BCUT2D eigenvalue weighted by atomic mass is 9.86. The molecule has 0 spiro atoms. The number of rotatable bonds is 5. The summed E-state index contributed by atoms with van der Waals surface area (Å²) in [6.07, 6.45) is 0. The predicted octanol–water partition coefficient (Wildman–Crippen LogP) is 4.49. The Hall–Kier alpha value is -3.64. The van der Waals surface area contributed by atoms with Crippen molar-refractivity contribution in [2.75, 3.05) is 11.5 Å². The highest BCUT2D eigenvalue weighted by atomic mass is 35.5. The molecule has 0 N–H and O–H groups in total. The van der Waals surface area contributed by atoms with Gasteiger partial charge in [0.2, 0.25) is 0 Å². The standard InChI is InChI=1S/C25H19ClN2O4/c1-2-32-18-13-7-15(8-14-18)21-22(25(31)27(21)17-11-9-16(26)10-12-17)28-23(29)19-5-3-4-6-20(19)24(28)30/h3-14,21-22H,2H2,1H3. The molecule has 1 fully saturated rings. The number of β-lactam (4-membered cyclic amide) rings is 1. The van der Waals surface area contributed by atoms with Gasteiger partial charge >= 0.3 is 0 Å². The van der Waals surface area contributed by atoms with Crippen molar-refractivity contribution in [3.8, 4) is 5.75 Å². The molecule has 2 aliphatic heterocycles. The van der Waals surface area contributed by atoms with Gasteiger partial charge in [0, 0.05) is 10.7 Å². The van der Waals surface area contributed by atoms with Gasteiger partial charge in [-0.3, -0.25) is 19.3 Å². The molecule has 0 aliphatic carbocycles. The van der Waals surface area contributed by atoms with E-state index >= 15 is 0 Å². The summed E-state index contributed by atoms with van der Waals surface area (Å²) in [6.45, 7) is 2.44. The van der Waals surface area contributed by atoms with Gasteiger partial charge in [0.1, 0.15) is 11.8 Å². The molecular formula is C25H19ClN2O4. The van der Waals surface area contributed by atoms with Gasteiger partial charge in [0.15, 0.2) is 0 Å². The average Bonchev–Trinajstić information content (AvgIpc) is 3.05. The first-order valence-electron chi connectivity index (χ1n) is 10.3. The number of carbonyl (C=O) groups excluding carboxylic acids is 3. The normalized spacial score (nSPS) is 19.8. The first-order valence-corrected chi connectivity index (χ1v) is 10.7. The molecule has 0 bridgehead atoms. The molecule has 6 nitrogen and oxygen atoms in total. The number of nitrogens with zero attached hydrogens (tertiary/aromatic N) is 2. The van der Waals surface area contributed by atoms with E-state index in [-0.39, 0.29) is 5.91 Å². The van der Waals surface area contributed by atoms with Crippen molar-refractivity contribution in [3.63, 3.8) is 0 Å². The van der Waals surface area contributed by atoms with Gasteiger partial charge in [-0.1, -0.05) is 35.9 Å². The maximum absolute atomic E-state index is 13.4. The number of ether oxygens (including phenoxy) is 1. The summed E-state index contributed by atoms with van der Waals surface area (Å²) in [5.41, 5.74) is 2.08. The Kier molecular flexibility index (Phi) is 4.94. The monoisotopic (exact) mass is 446 g/mol. The molecular weight excluding hydrogens is 428 g/mol. The average molecular weight is 447 g/mol. The van der Waals surface area contributed by atoms with E-state index in [0.717, 1.165) is 10.5 Å². The van der Waals surface area contributed by atoms with Crippen molar-refractivity contribution in [1.29, 1.82) is 0 Å². The second kappa shape index (κ2) is 7.80. The van der Waals surface area contributed by atoms with E-state index < -0.39 is 23.9 Å². The number of fused-ring (bicyclic) bond motifs is 1. The van der Waals surface area contributed by atoms with E-state index in [1.807, 2.05) is 31.2 Å². The number of hydrogen-bond donors (Lipinski definition) is 0. The molecule has 3 aromatic rings. The second-order valence-corrected chi connectivity index (χ2v) is 8.04. The third kappa shape index (κ3) is 3.07. The minimum atomic E-state index is -0.934. The number of hydrogen-bond acceptors (Lipinski definition) is 4. The summed E-state index contributed by atoms with van der Waals surface area (Å²) < 4.78 is 5.53. The first kappa shape index (κ1) is 20.3. The number of imide groups is 1. The largest absolute Gasteiger partial charge is 0.494 e. The number of halogens is 1. The molecule has 0 radical (unpaired) electrons. The van der Waals surface area contributed by atoms with Gasteiger partial charge in [-0.15, -0.1) is 0 Å². The van der Waals surface area contributed by atoms with Crippen molar-refractivity contribution in [2.45, 2.75) is 19.0 Å². The van der Waals surface area contributed by atoms with E-state index in [1.165, 1.54) is 0 Å². The molecule has 2 aliphatic rings. The minimum Gasteiger partial charge on any atom is -0.494 e. The molecule has 3 amide bonds. The van der Waals surface area contributed by atoms with Crippen LogP contribution in [0.5, 0.6) is 5.75 Å². The van der Waals surface area contributed by atoms with Crippen molar-refractivity contribution < 1.29 is 19.1 Å². The lowest BCUT2D eigenvalue weighted by molar-refractivity contribution is -0.130. The van der Waals surface area contributed by atoms with Crippen LogP contribution in [0.25, 0.3) is 0 Å². The van der Waals surface area contributed by atoms with E-state index in [9.17, 15) is 14.4 Å². The Balaban J connectivity index is 1.56. The predicted molar refractivity (Wildman–Crippen MR) is 120 cm³/mol. The Morgan fingerprint density at radius 1 is 0.781 bits per heavy atom. The molecule has 32 heavy (non-hydrogen) atoms. The van der Waals surface area contributed by atoms with Crippen molar-refractivity contribution in [3.05, 3.63) is 94.5 Å². The van der Waals surface area contributed by atoms with Gasteiger partial charge in [-0.25, -0.2) is 0 Å². The fourth-order valence-electron chi connectivity index (χ4n) is 4.33. The molecule has 1 saturated heterocycles. The van der Waals surface area contributed by atoms with Gasteiger partial charge in [-0.05, 0) is 61.0 Å². The lowest BCUT2D eigenvalue weighted by Crippen LogP contribution is -2.67. The summed E-state index contributed by atoms with van der Waals surface area (Å²) in [5, 5.41) is 0.552. The summed E-state index contributed by atoms with van der Waals surface area (Å²) in [5.74, 6) is -0.510. The number of anilines is 1. The summed E-state index contributed by atoms with van der Waals surface area (Å²) in [4.78, 5) is 42.2. The number of amides is 3. The van der Waals surface area contributed by atoms with E-state index in [2.05, 4.69) is 0 Å². The molecule has 0 aromatic heterocycles. The Bertz CT molecular complexity index is 1190. The third-order valence-electron chi connectivity index (χ3n) is 5.81. The van der Waals surface area contributed by atoms with Crippen LogP contribution in [-0.2, 0) is 4.79 Å². The highest BCUT2D eigenvalue weighted by Gasteiger charge is 2.57. The summed E-state index contributed by atoms with van der Waals surface area (Å²) >= 11 is 6.02. The van der Waals surface area contributed by atoms with Crippen LogP contribution in [0.3, 0.4) is 0 Å². The smallest absolute Gasteiger partial charge is 0.262 e. The van der Waals surface area contributed by atoms with Gasteiger partial charge in [0.05, 0.1) is 23.8 Å². The maximum atomic E-state index is 13.4. The van der Waals surface area contributed by atoms with Crippen LogP contribution in [0, 0.1) is 0 Å². The highest BCUT2D eigenvalue weighted by Crippen LogP contribution is 2.44. The zero-order valence-electron chi connectivity index (χ0n) is 17.2. The first-order chi connectivity index (χ1) is 15.5. The molecule has 0 saturated carbocycles. The van der Waals surface area contributed by atoms with Crippen molar-refractivity contribution >= 4 is 35.0 Å². The fourth-order valence-corrected chi connectivity index (χ4v) is 4.46. The number of benzene rings is 3. The number of carbonyl (C=O) groups is 3. The van der Waals surface area contributed by atoms with Gasteiger partial charge in [-0.2, -0.15) is 0 Å². The quantitative estimate of drug-likeness (QED) is 0.428. The van der Waals surface area contributed by atoms with E-state index in [4.69, 9.17) is 16.3 Å². The Labute approximate surface area is 190 Å². The van der Waals surface area contributed by atoms with Crippen LogP contribution in [0.2, 0.25) is 5.02 Å². The molecule has 5 rings (SSSR count). The topological polar surface area (TPSA) is 66.9 Å². The zero-order valence-corrected chi connectivity index (χ0v) is 18.0. The molecule has 2 atom stereocenters. The SMILES string of the molecule is CCOc1ccc(C2C(N3C(=O)c4ccccc4C3=O)C(=O)N2c2ccc(Cl)cc2)cc1. The van der Waals surface area contributed by atoms with Crippen molar-refractivity contribution in [1.82, 2.24) is 4.90 Å². The molecule has 3 aromatic carbocycles.